The van der Waals surface area contributed by atoms with Gasteiger partial charge in [0.25, 0.3) is 0 Å². The predicted octanol–water partition coefficient (Wildman–Crippen LogP) is 1.56. The van der Waals surface area contributed by atoms with Gasteiger partial charge in [0.2, 0.25) is 11.8 Å². The second-order valence-electron chi connectivity index (χ2n) is 6.87. The molecule has 5 heteroatoms. The molecule has 1 N–H and O–H groups in total. The lowest BCUT2D eigenvalue weighted by Crippen LogP contribution is -2.65. The zero-order chi connectivity index (χ0) is 15.6. The van der Waals surface area contributed by atoms with Gasteiger partial charge < -0.3 is 15.0 Å². The van der Waals surface area contributed by atoms with Crippen LogP contribution in [0.1, 0.15) is 46.5 Å². The fraction of sp³-hybridized carbons (Fsp3) is 0.875. The van der Waals surface area contributed by atoms with Crippen molar-refractivity contribution in [1.29, 1.82) is 0 Å². The molecule has 0 aromatic rings. The summed E-state index contributed by atoms with van der Waals surface area (Å²) >= 11 is 0. The van der Waals surface area contributed by atoms with Gasteiger partial charge in [-0.2, -0.15) is 0 Å². The smallest absolute Gasteiger partial charge is 0.245 e. The van der Waals surface area contributed by atoms with Crippen molar-refractivity contribution in [1.82, 2.24) is 10.2 Å². The van der Waals surface area contributed by atoms with Crippen LogP contribution in [0.25, 0.3) is 0 Å². The molecule has 120 valence electrons. The molecule has 0 bridgehead atoms. The van der Waals surface area contributed by atoms with Crippen LogP contribution in [-0.2, 0) is 14.3 Å². The third-order valence-electron chi connectivity index (χ3n) is 4.84. The van der Waals surface area contributed by atoms with Crippen LogP contribution in [0, 0.1) is 11.3 Å². The van der Waals surface area contributed by atoms with E-state index in [9.17, 15) is 9.59 Å². The summed E-state index contributed by atoms with van der Waals surface area (Å²) in [7, 11) is 1.71. The van der Waals surface area contributed by atoms with Gasteiger partial charge in [0.15, 0.2) is 0 Å². The second-order valence-corrected chi connectivity index (χ2v) is 6.87. The Bertz CT molecular complexity index is 404. The Morgan fingerprint density at radius 2 is 2.05 bits per heavy atom. The number of hydrogen-bond acceptors (Lipinski definition) is 3. The maximum absolute atomic E-state index is 12.7. The molecule has 2 amide bonds. The van der Waals surface area contributed by atoms with Crippen molar-refractivity contribution in [2.24, 2.45) is 11.3 Å². The van der Waals surface area contributed by atoms with E-state index < -0.39 is 0 Å². The van der Waals surface area contributed by atoms with Crippen LogP contribution in [0.5, 0.6) is 0 Å². The Morgan fingerprint density at radius 1 is 1.38 bits per heavy atom. The summed E-state index contributed by atoms with van der Waals surface area (Å²) in [5, 5.41) is 2.87. The first-order valence-corrected chi connectivity index (χ1v) is 8.04. The molecule has 0 aromatic heterocycles. The van der Waals surface area contributed by atoms with Crippen LogP contribution in [0.2, 0.25) is 0 Å². The highest BCUT2D eigenvalue weighted by atomic mass is 16.5. The number of carbonyl (C=O) groups is 2. The van der Waals surface area contributed by atoms with Crippen LogP contribution in [0.3, 0.4) is 0 Å². The number of amides is 2. The minimum atomic E-state index is -0.356. The Labute approximate surface area is 127 Å². The maximum atomic E-state index is 12.7. The van der Waals surface area contributed by atoms with Gasteiger partial charge in [-0.1, -0.05) is 20.8 Å². The maximum Gasteiger partial charge on any atom is 0.245 e. The molecule has 1 heterocycles. The third kappa shape index (κ3) is 3.39. The standard InChI is InChI=1S/C16H28N2O3/c1-5-12-15(20)18(13(11(2)3)14(19)17-12)10-16(6-7-16)8-9-21-4/h11-13H,5-10H2,1-4H3,(H,17,19). The van der Waals surface area contributed by atoms with Gasteiger partial charge in [0.1, 0.15) is 12.1 Å². The predicted molar refractivity (Wildman–Crippen MR) is 80.7 cm³/mol. The molecule has 2 aliphatic rings. The van der Waals surface area contributed by atoms with E-state index >= 15 is 0 Å². The highest BCUT2D eigenvalue weighted by Gasteiger charge is 2.49. The summed E-state index contributed by atoms with van der Waals surface area (Å²) in [5.74, 6) is 0.212. The minimum absolute atomic E-state index is 0.000934. The summed E-state index contributed by atoms with van der Waals surface area (Å²) in [5.41, 5.74) is 0.175. The SMILES string of the molecule is CCC1NC(=O)C(C(C)C)N(CC2(CCOC)CC2)C1=O. The molecule has 1 aliphatic carbocycles. The zero-order valence-electron chi connectivity index (χ0n) is 13.6. The Kier molecular flexibility index (Phi) is 4.91. The van der Waals surface area contributed by atoms with Crippen molar-refractivity contribution < 1.29 is 14.3 Å². The molecule has 21 heavy (non-hydrogen) atoms. The van der Waals surface area contributed by atoms with Gasteiger partial charge in [0, 0.05) is 20.3 Å². The first kappa shape index (κ1) is 16.3. The van der Waals surface area contributed by atoms with Crippen molar-refractivity contribution in [3.05, 3.63) is 0 Å². The Hall–Kier alpha value is -1.10. The molecule has 5 nitrogen and oxygen atoms in total. The number of piperazine rings is 1. The Balaban J connectivity index is 2.15. The van der Waals surface area contributed by atoms with E-state index in [4.69, 9.17) is 4.74 Å². The summed E-state index contributed by atoms with van der Waals surface area (Å²) in [4.78, 5) is 26.9. The van der Waals surface area contributed by atoms with E-state index in [0.717, 1.165) is 25.9 Å². The quantitative estimate of drug-likeness (QED) is 0.776. The average molecular weight is 296 g/mol. The highest BCUT2D eigenvalue weighted by Crippen LogP contribution is 2.50. The average Bonchev–Trinajstić information content (AvgIpc) is 3.20. The van der Waals surface area contributed by atoms with E-state index in [1.807, 2.05) is 25.7 Å². The van der Waals surface area contributed by atoms with E-state index in [0.29, 0.717) is 13.0 Å². The van der Waals surface area contributed by atoms with Crippen molar-refractivity contribution in [3.8, 4) is 0 Å². The van der Waals surface area contributed by atoms with E-state index in [1.165, 1.54) is 0 Å². The van der Waals surface area contributed by atoms with Crippen molar-refractivity contribution in [2.75, 3.05) is 20.3 Å². The molecule has 1 saturated carbocycles. The molecular formula is C16H28N2O3. The van der Waals surface area contributed by atoms with E-state index in [2.05, 4.69) is 5.32 Å². The number of carbonyl (C=O) groups excluding carboxylic acids is 2. The molecule has 2 unspecified atom stereocenters. The lowest BCUT2D eigenvalue weighted by molar-refractivity contribution is -0.152. The number of hydrogen-bond donors (Lipinski definition) is 1. The lowest BCUT2D eigenvalue weighted by atomic mass is 9.93. The van der Waals surface area contributed by atoms with Gasteiger partial charge in [-0.25, -0.2) is 0 Å². The fourth-order valence-corrected chi connectivity index (χ4v) is 3.26. The summed E-state index contributed by atoms with van der Waals surface area (Å²) in [6.45, 7) is 7.37. The molecule has 1 aliphatic heterocycles. The molecule has 0 radical (unpaired) electrons. The number of methoxy groups -OCH3 is 1. The fourth-order valence-electron chi connectivity index (χ4n) is 3.26. The third-order valence-corrected chi connectivity index (χ3v) is 4.84. The lowest BCUT2D eigenvalue weighted by Gasteiger charge is -2.42. The topological polar surface area (TPSA) is 58.6 Å². The molecular weight excluding hydrogens is 268 g/mol. The highest BCUT2D eigenvalue weighted by molar-refractivity contribution is 5.97. The summed E-state index contributed by atoms with van der Waals surface area (Å²) < 4.78 is 5.19. The van der Waals surface area contributed by atoms with Gasteiger partial charge in [-0.15, -0.1) is 0 Å². The van der Waals surface area contributed by atoms with Crippen molar-refractivity contribution in [2.45, 2.75) is 58.5 Å². The number of ether oxygens (including phenoxy) is 1. The first-order valence-electron chi connectivity index (χ1n) is 8.04. The molecule has 2 fully saturated rings. The Morgan fingerprint density at radius 3 is 2.52 bits per heavy atom. The van der Waals surface area contributed by atoms with Crippen LogP contribution < -0.4 is 5.32 Å². The first-order chi connectivity index (χ1) is 9.94. The van der Waals surface area contributed by atoms with Gasteiger partial charge in [-0.3, -0.25) is 9.59 Å². The minimum Gasteiger partial charge on any atom is -0.385 e. The summed E-state index contributed by atoms with van der Waals surface area (Å²) in [6, 6.07) is -0.689. The number of nitrogens with one attached hydrogen (secondary N) is 1. The second kappa shape index (κ2) is 6.34. The molecule has 2 atom stereocenters. The molecule has 0 aromatic carbocycles. The van der Waals surface area contributed by atoms with Gasteiger partial charge >= 0.3 is 0 Å². The largest absolute Gasteiger partial charge is 0.385 e. The summed E-state index contributed by atoms with van der Waals surface area (Å²) in [6.07, 6.45) is 3.88. The molecule has 1 saturated heterocycles. The monoisotopic (exact) mass is 296 g/mol. The van der Waals surface area contributed by atoms with Gasteiger partial charge in [0.05, 0.1) is 0 Å². The van der Waals surface area contributed by atoms with Crippen molar-refractivity contribution >= 4 is 11.8 Å². The van der Waals surface area contributed by atoms with E-state index in [-0.39, 0.29) is 35.2 Å². The van der Waals surface area contributed by atoms with Crippen LogP contribution in [0.4, 0.5) is 0 Å². The molecule has 0 spiro atoms. The van der Waals surface area contributed by atoms with Crippen LogP contribution in [-0.4, -0.2) is 49.1 Å². The number of nitrogens with zero attached hydrogens (tertiary/aromatic N) is 1. The van der Waals surface area contributed by atoms with E-state index in [1.54, 1.807) is 7.11 Å². The van der Waals surface area contributed by atoms with Crippen LogP contribution in [0.15, 0.2) is 0 Å². The zero-order valence-corrected chi connectivity index (χ0v) is 13.6. The van der Waals surface area contributed by atoms with Crippen molar-refractivity contribution in [3.63, 3.8) is 0 Å². The van der Waals surface area contributed by atoms with Crippen LogP contribution >= 0.6 is 0 Å². The molecule has 2 rings (SSSR count). The normalized spacial score (nSPS) is 28.0. The number of rotatable bonds is 7. The van der Waals surface area contributed by atoms with Gasteiger partial charge in [-0.05, 0) is 37.0 Å².